The average Bonchev–Trinajstić information content (AvgIpc) is 3.55. The van der Waals surface area contributed by atoms with Crippen LogP contribution >= 0.6 is 23.2 Å². The lowest BCUT2D eigenvalue weighted by Gasteiger charge is -2.10. The molecule has 36 heavy (non-hydrogen) atoms. The second-order valence-corrected chi connectivity index (χ2v) is 9.62. The van der Waals surface area contributed by atoms with Crippen molar-refractivity contribution in [1.82, 2.24) is 29.5 Å². The normalized spacial score (nSPS) is 12.1. The number of imidazole rings is 1. The van der Waals surface area contributed by atoms with Gasteiger partial charge < -0.3 is 25.0 Å². The monoisotopic (exact) mass is 515 g/mol. The van der Waals surface area contributed by atoms with E-state index in [1.165, 1.54) is 6.33 Å². The number of aryl methyl sites for hydroxylation is 1. The Balaban J connectivity index is 1.30. The van der Waals surface area contributed by atoms with Crippen LogP contribution in [0.25, 0.3) is 54.8 Å². The van der Waals surface area contributed by atoms with Gasteiger partial charge in [-0.05, 0) is 48.9 Å². The van der Waals surface area contributed by atoms with Crippen molar-refractivity contribution in [1.29, 1.82) is 0 Å². The molecular weight excluding hydrogens is 497 g/mol. The van der Waals surface area contributed by atoms with Gasteiger partial charge in [-0.25, -0.2) is 15.0 Å². The summed E-state index contributed by atoms with van der Waals surface area (Å²) in [5, 5.41) is 5.55. The summed E-state index contributed by atoms with van der Waals surface area (Å²) < 4.78 is 8.43. The van der Waals surface area contributed by atoms with E-state index in [9.17, 15) is 0 Å². The van der Waals surface area contributed by atoms with Gasteiger partial charge in [0, 0.05) is 49.2 Å². The summed E-state index contributed by atoms with van der Waals surface area (Å²) in [4.78, 5) is 19.7. The molecule has 0 amide bonds. The largest absolute Gasteiger partial charge is 0.489 e. The number of ether oxygens (including phenoxy) is 1. The first-order chi connectivity index (χ1) is 17.6. The minimum absolute atomic E-state index is 0.377. The highest BCUT2D eigenvalue weighted by atomic mass is 35.5. The fourth-order valence-corrected chi connectivity index (χ4v) is 5.26. The molecule has 0 aliphatic carbocycles. The van der Waals surface area contributed by atoms with Gasteiger partial charge in [-0.1, -0.05) is 23.2 Å². The molecule has 0 saturated carbocycles. The molecule has 0 spiro atoms. The number of nitrogens with two attached hydrogens (primary N) is 1. The van der Waals surface area contributed by atoms with Crippen molar-refractivity contribution in [2.45, 2.75) is 13.0 Å². The van der Waals surface area contributed by atoms with Crippen LogP contribution in [0.15, 0.2) is 55.1 Å². The first kappa shape index (κ1) is 21.3. The standard InChI is InChI=1S/C26H19Cl2N7O/c27-13-2-4-19-15(8-13)17-10-18-16-9-14(28)3-5-20(16)34-22(18)24(21(17)33-19)36-7-1-6-35-12-32-23-25(29)30-11-31-26(23)35/h2-5,8-12,33-34H,1,6-7H2,(H2,29,30,31). The van der Waals surface area contributed by atoms with Crippen LogP contribution in [-0.4, -0.2) is 36.1 Å². The van der Waals surface area contributed by atoms with Crippen LogP contribution in [0.5, 0.6) is 5.75 Å². The van der Waals surface area contributed by atoms with Gasteiger partial charge in [0.15, 0.2) is 17.2 Å². The molecule has 4 aromatic heterocycles. The fraction of sp³-hybridized carbons (Fsp3) is 0.115. The van der Waals surface area contributed by atoms with Gasteiger partial charge in [0.1, 0.15) is 11.8 Å². The number of aromatic amines is 2. The van der Waals surface area contributed by atoms with Crippen molar-refractivity contribution < 1.29 is 4.74 Å². The molecule has 0 unspecified atom stereocenters. The van der Waals surface area contributed by atoms with Gasteiger partial charge >= 0.3 is 0 Å². The van der Waals surface area contributed by atoms with Crippen LogP contribution in [0.4, 0.5) is 5.82 Å². The number of hydrogen-bond donors (Lipinski definition) is 3. The Bertz CT molecular complexity index is 1860. The van der Waals surface area contributed by atoms with Crippen molar-refractivity contribution in [2.75, 3.05) is 12.3 Å². The fourth-order valence-electron chi connectivity index (χ4n) is 4.91. The smallest absolute Gasteiger partial charge is 0.167 e. The number of halogens is 2. The molecule has 0 bridgehead atoms. The predicted octanol–water partition coefficient (Wildman–Crippen LogP) is 6.45. The maximum Gasteiger partial charge on any atom is 0.167 e. The third-order valence-electron chi connectivity index (χ3n) is 6.56. The molecule has 0 aliphatic heterocycles. The summed E-state index contributed by atoms with van der Waals surface area (Å²) in [6.07, 6.45) is 3.93. The molecule has 7 aromatic rings. The maximum atomic E-state index is 6.47. The van der Waals surface area contributed by atoms with Crippen molar-refractivity contribution in [3.8, 4) is 5.75 Å². The number of fused-ring (bicyclic) bond motifs is 7. The van der Waals surface area contributed by atoms with Crippen molar-refractivity contribution in [3.05, 3.63) is 65.2 Å². The zero-order valence-electron chi connectivity index (χ0n) is 18.8. The number of nitrogen functional groups attached to an aromatic ring is 1. The van der Waals surface area contributed by atoms with E-state index in [1.807, 2.05) is 41.0 Å². The van der Waals surface area contributed by atoms with E-state index in [0.29, 0.717) is 40.2 Å². The number of benzene rings is 3. The molecule has 178 valence electrons. The highest BCUT2D eigenvalue weighted by molar-refractivity contribution is 6.33. The molecule has 0 aliphatic rings. The quantitative estimate of drug-likeness (QED) is 0.228. The van der Waals surface area contributed by atoms with Crippen LogP contribution < -0.4 is 10.5 Å². The van der Waals surface area contributed by atoms with Gasteiger partial charge in [-0.15, -0.1) is 0 Å². The third kappa shape index (κ3) is 3.26. The molecule has 4 N–H and O–H groups in total. The number of nitrogens with one attached hydrogen (secondary N) is 2. The molecule has 8 nitrogen and oxygen atoms in total. The van der Waals surface area contributed by atoms with E-state index < -0.39 is 0 Å². The minimum Gasteiger partial charge on any atom is -0.489 e. The van der Waals surface area contributed by atoms with Gasteiger partial charge in [0.25, 0.3) is 0 Å². The van der Waals surface area contributed by atoms with Crippen molar-refractivity contribution >= 4 is 83.8 Å². The molecule has 0 saturated heterocycles. The molecule has 7 rings (SSSR count). The summed E-state index contributed by atoms with van der Waals surface area (Å²) in [5.41, 5.74) is 11.1. The third-order valence-corrected chi connectivity index (χ3v) is 7.03. The summed E-state index contributed by atoms with van der Waals surface area (Å²) >= 11 is 12.7. The van der Waals surface area contributed by atoms with Gasteiger partial charge in [-0.3, -0.25) is 0 Å². The number of anilines is 1. The lowest BCUT2D eigenvalue weighted by atomic mass is 10.1. The van der Waals surface area contributed by atoms with E-state index in [4.69, 9.17) is 33.7 Å². The molecule has 4 heterocycles. The summed E-state index contributed by atoms with van der Waals surface area (Å²) in [6.45, 7) is 1.16. The Kier molecular flexibility index (Phi) is 4.74. The highest BCUT2D eigenvalue weighted by Gasteiger charge is 2.18. The Morgan fingerprint density at radius 1 is 0.833 bits per heavy atom. The summed E-state index contributed by atoms with van der Waals surface area (Å²) in [5.74, 6) is 1.14. The molecule has 0 radical (unpaired) electrons. The van der Waals surface area contributed by atoms with E-state index >= 15 is 0 Å². The van der Waals surface area contributed by atoms with E-state index in [2.05, 4.69) is 31.0 Å². The molecule has 0 fully saturated rings. The number of hydrogen-bond acceptors (Lipinski definition) is 5. The lowest BCUT2D eigenvalue weighted by molar-refractivity contribution is 0.308. The Labute approximate surface area is 214 Å². The van der Waals surface area contributed by atoms with Gasteiger partial charge in [-0.2, -0.15) is 0 Å². The number of H-pyrrole nitrogens is 2. The highest BCUT2D eigenvalue weighted by Crippen LogP contribution is 2.41. The van der Waals surface area contributed by atoms with Crippen LogP contribution in [0.2, 0.25) is 10.0 Å². The number of aromatic nitrogens is 6. The van der Waals surface area contributed by atoms with Gasteiger partial charge in [0.05, 0.1) is 24.0 Å². The SMILES string of the molecule is Nc1ncnc2c1ncn2CCCOc1c2[nH]c3ccc(Cl)cc3c2cc2c1[nH]c1ccc(Cl)cc12. The van der Waals surface area contributed by atoms with E-state index in [0.717, 1.165) is 55.8 Å². The molecule has 10 heteroatoms. The maximum absolute atomic E-state index is 6.47. The first-order valence-electron chi connectivity index (χ1n) is 11.5. The average molecular weight is 516 g/mol. The van der Waals surface area contributed by atoms with Gasteiger partial charge in [0.2, 0.25) is 0 Å². The topological polar surface area (TPSA) is 110 Å². The Morgan fingerprint density at radius 3 is 2.17 bits per heavy atom. The molecular formula is C26H19Cl2N7O. The zero-order valence-corrected chi connectivity index (χ0v) is 20.4. The zero-order chi connectivity index (χ0) is 24.4. The van der Waals surface area contributed by atoms with Crippen LogP contribution in [0.1, 0.15) is 6.42 Å². The lowest BCUT2D eigenvalue weighted by Crippen LogP contribution is -2.05. The van der Waals surface area contributed by atoms with Crippen LogP contribution in [0, 0.1) is 0 Å². The van der Waals surface area contributed by atoms with Crippen LogP contribution in [0.3, 0.4) is 0 Å². The second-order valence-electron chi connectivity index (χ2n) is 8.75. The van der Waals surface area contributed by atoms with E-state index in [1.54, 1.807) is 6.33 Å². The predicted molar refractivity (Wildman–Crippen MR) is 145 cm³/mol. The Hall–Kier alpha value is -4.01. The molecule has 0 atom stereocenters. The first-order valence-corrected chi connectivity index (χ1v) is 12.2. The Morgan fingerprint density at radius 2 is 1.50 bits per heavy atom. The van der Waals surface area contributed by atoms with Crippen molar-refractivity contribution in [3.63, 3.8) is 0 Å². The number of rotatable bonds is 5. The number of nitrogens with zero attached hydrogens (tertiary/aromatic N) is 4. The van der Waals surface area contributed by atoms with Crippen LogP contribution in [-0.2, 0) is 6.54 Å². The molecule has 3 aromatic carbocycles. The summed E-state index contributed by atoms with van der Waals surface area (Å²) in [6, 6.07) is 13.9. The van der Waals surface area contributed by atoms with E-state index in [-0.39, 0.29) is 0 Å². The second kappa shape index (κ2) is 8.01. The minimum atomic E-state index is 0.377. The summed E-state index contributed by atoms with van der Waals surface area (Å²) in [7, 11) is 0. The van der Waals surface area contributed by atoms with Crippen molar-refractivity contribution in [2.24, 2.45) is 0 Å².